The molecule has 0 spiro atoms. The Morgan fingerprint density at radius 3 is 2.75 bits per heavy atom. The van der Waals surface area contributed by atoms with Gasteiger partial charge in [-0.1, -0.05) is 30.3 Å². The lowest BCUT2D eigenvalue weighted by Crippen LogP contribution is -2.30. The second kappa shape index (κ2) is 4.60. The van der Waals surface area contributed by atoms with Crippen molar-refractivity contribution in [1.29, 1.82) is 0 Å². The first kappa shape index (κ1) is 14.4. The van der Waals surface area contributed by atoms with Crippen molar-refractivity contribution in [2.45, 2.75) is 6.92 Å². The van der Waals surface area contributed by atoms with Gasteiger partial charge in [-0.3, -0.25) is 0 Å². The molecule has 0 aliphatic carbocycles. The van der Waals surface area contributed by atoms with Gasteiger partial charge in [-0.2, -0.15) is 0 Å². The monoisotopic (exact) mass is 362 g/mol. The van der Waals surface area contributed by atoms with Gasteiger partial charge in [0.2, 0.25) is 0 Å². The Kier molecular flexibility index (Phi) is 2.36. The largest absolute Gasteiger partial charge is 0.464 e. The van der Waals surface area contributed by atoms with E-state index in [4.69, 9.17) is 9.40 Å². The number of aromatic nitrogens is 3. The highest BCUT2D eigenvalue weighted by atomic mass is 16.3. The molecular formula is C24H16N3O+. The molecule has 0 aliphatic rings. The van der Waals surface area contributed by atoms with Crippen molar-refractivity contribution in [2.24, 2.45) is 7.05 Å². The Labute approximate surface area is 159 Å². The highest BCUT2D eigenvalue weighted by molar-refractivity contribution is 6.28. The normalized spacial score (nSPS) is 12.6. The third-order valence-corrected chi connectivity index (χ3v) is 6.18. The van der Waals surface area contributed by atoms with Gasteiger partial charge in [0.05, 0.1) is 40.6 Å². The fraction of sp³-hybridized carbons (Fsp3) is 0.0833. The van der Waals surface area contributed by atoms with Gasteiger partial charge in [0.1, 0.15) is 11.1 Å². The fourth-order valence-electron chi connectivity index (χ4n) is 5.01. The number of pyridine rings is 1. The summed E-state index contributed by atoms with van der Waals surface area (Å²) in [4.78, 5) is 4.81. The lowest BCUT2D eigenvalue weighted by Gasteiger charge is -2.13. The Morgan fingerprint density at radius 2 is 1.82 bits per heavy atom. The van der Waals surface area contributed by atoms with Crippen LogP contribution in [0, 0.1) is 6.92 Å². The highest BCUT2D eigenvalue weighted by Gasteiger charge is 2.25. The quantitative estimate of drug-likeness (QED) is 0.209. The van der Waals surface area contributed by atoms with Crippen molar-refractivity contribution < 1.29 is 8.98 Å². The Hall–Kier alpha value is -3.66. The summed E-state index contributed by atoms with van der Waals surface area (Å²) in [5.74, 6) is 0. The van der Waals surface area contributed by atoms with E-state index >= 15 is 0 Å². The van der Waals surface area contributed by atoms with E-state index in [9.17, 15) is 0 Å². The molecule has 0 fully saturated rings. The fourth-order valence-corrected chi connectivity index (χ4v) is 5.01. The van der Waals surface area contributed by atoms with Crippen LogP contribution in [-0.4, -0.2) is 9.38 Å². The van der Waals surface area contributed by atoms with Gasteiger partial charge in [0.15, 0.2) is 5.52 Å². The molecule has 4 aromatic heterocycles. The van der Waals surface area contributed by atoms with Crippen LogP contribution in [0.4, 0.5) is 0 Å². The third-order valence-electron chi connectivity index (χ3n) is 6.18. The number of hydrogen-bond acceptors (Lipinski definition) is 2. The zero-order valence-corrected chi connectivity index (χ0v) is 15.5. The van der Waals surface area contributed by atoms with E-state index in [1.54, 1.807) is 6.26 Å². The first-order valence-electron chi connectivity index (χ1n) is 9.46. The lowest BCUT2D eigenvalue weighted by atomic mass is 10.0. The molecule has 7 rings (SSSR count). The molecule has 4 heterocycles. The average molecular weight is 362 g/mol. The smallest absolute Gasteiger partial charge is 0.287 e. The average Bonchev–Trinajstić information content (AvgIpc) is 3.31. The molecule has 4 heteroatoms. The molecular weight excluding hydrogens is 346 g/mol. The maximum atomic E-state index is 5.80. The summed E-state index contributed by atoms with van der Waals surface area (Å²) >= 11 is 0. The van der Waals surface area contributed by atoms with Gasteiger partial charge < -0.3 is 8.82 Å². The standard InChI is InChI=1S/C24H16N3O/c1-13-7-8-15-14-5-3-4-6-17(14)27-18-11-19-16(9-10-28-19)22-21(18)24(20(13)23(15)27)26(2)12-25-22/h3-12H,1-2H3/q+1. The molecule has 0 bridgehead atoms. The van der Waals surface area contributed by atoms with Crippen LogP contribution < -0.4 is 4.57 Å². The summed E-state index contributed by atoms with van der Waals surface area (Å²) in [6.07, 6.45) is 3.67. The predicted octanol–water partition coefficient (Wildman–Crippen LogP) is 5.26. The van der Waals surface area contributed by atoms with Crippen LogP contribution in [-0.2, 0) is 7.05 Å². The number of hydrogen-bond donors (Lipinski definition) is 0. The van der Waals surface area contributed by atoms with Gasteiger partial charge in [-0.25, -0.2) is 4.57 Å². The Morgan fingerprint density at radius 1 is 0.929 bits per heavy atom. The van der Waals surface area contributed by atoms with Gasteiger partial charge in [0, 0.05) is 22.2 Å². The minimum Gasteiger partial charge on any atom is -0.464 e. The van der Waals surface area contributed by atoms with Gasteiger partial charge in [0.25, 0.3) is 6.33 Å². The molecule has 0 unspecified atom stereocenters. The molecule has 0 saturated heterocycles. The van der Waals surface area contributed by atoms with Crippen molar-refractivity contribution in [2.75, 3.05) is 0 Å². The highest BCUT2D eigenvalue weighted by Crippen LogP contribution is 2.41. The number of fused-ring (bicyclic) bond motifs is 7. The summed E-state index contributed by atoms with van der Waals surface area (Å²) in [6.45, 7) is 2.20. The van der Waals surface area contributed by atoms with E-state index in [1.807, 2.05) is 12.4 Å². The molecule has 28 heavy (non-hydrogen) atoms. The number of benzene rings is 3. The van der Waals surface area contributed by atoms with E-state index in [2.05, 4.69) is 65.4 Å². The number of nitrogens with zero attached hydrogens (tertiary/aromatic N) is 3. The topological polar surface area (TPSA) is 34.3 Å². The molecule has 0 aliphatic heterocycles. The summed E-state index contributed by atoms with van der Waals surface area (Å²) in [7, 11) is 2.09. The van der Waals surface area contributed by atoms with E-state index in [-0.39, 0.29) is 0 Å². The van der Waals surface area contributed by atoms with Gasteiger partial charge >= 0.3 is 0 Å². The van der Waals surface area contributed by atoms with Crippen LogP contribution in [0.15, 0.2) is 65.5 Å². The first-order valence-corrected chi connectivity index (χ1v) is 9.46. The molecule has 132 valence electrons. The third kappa shape index (κ3) is 1.46. The molecule has 4 nitrogen and oxygen atoms in total. The number of aryl methyl sites for hydroxylation is 2. The molecule has 0 amide bonds. The van der Waals surface area contributed by atoms with Crippen molar-refractivity contribution >= 4 is 60.1 Å². The van der Waals surface area contributed by atoms with Crippen LogP contribution in [0.3, 0.4) is 0 Å². The molecule has 3 aromatic carbocycles. The van der Waals surface area contributed by atoms with Crippen LogP contribution in [0.1, 0.15) is 5.56 Å². The second-order valence-electron chi connectivity index (χ2n) is 7.66. The molecule has 0 saturated carbocycles. The molecule has 0 N–H and O–H groups in total. The van der Waals surface area contributed by atoms with Crippen molar-refractivity contribution in [1.82, 2.24) is 9.38 Å². The summed E-state index contributed by atoms with van der Waals surface area (Å²) in [5.41, 5.74) is 7.99. The zero-order valence-electron chi connectivity index (χ0n) is 15.5. The van der Waals surface area contributed by atoms with Crippen LogP contribution >= 0.6 is 0 Å². The van der Waals surface area contributed by atoms with Gasteiger partial charge in [-0.15, -0.1) is 0 Å². The molecule has 0 radical (unpaired) electrons. The first-order chi connectivity index (χ1) is 13.7. The van der Waals surface area contributed by atoms with Crippen LogP contribution in [0.5, 0.6) is 0 Å². The summed E-state index contributed by atoms with van der Waals surface area (Å²) in [5, 5.41) is 6.09. The van der Waals surface area contributed by atoms with E-state index in [0.29, 0.717) is 0 Å². The zero-order chi connectivity index (χ0) is 18.6. The van der Waals surface area contributed by atoms with E-state index < -0.39 is 0 Å². The molecule has 0 atom stereocenters. The summed E-state index contributed by atoms with van der Waals surface area (Å²) < 4.78 is 10.3. The van der Waals surface area contributed by atoms with Gasteiger partial charge in [-0.05, 0) is 29.6 Å². The second-order valence-corrected chi connectivity index (χ2v) is 7.66. The van der Waals surface area contributed by atoms with E-state index in [1.165, 1.54) is 43.7 Å². The minimum absolute atomic E-state index is 0.872. The van der Waals surface area contributed by atoms with Crippen molar-refractivity contribution in [3.8, 4) is 0 Å². The SMILES string of the molecule is Cc1ccc2c3ccccc3n3c4cc5occc5c5nc[n+](C)c(c1c23)c54. The minimum atomic E-state index is 0.872. The number of furan rings is 1. The number of para-hydroxylation sites is 1. The Bertz CT molecular complexity index is 1730. The van der Waals surface area contributed by atoms with Crippen molar-refractivity contribution in [3.05, 3.63) is 66.7 Å². The van der Waals surface area contributed by atoms with Crippen LogP contribution in [0.25, 0.3) is 60.1 Å². The lowest BCUT2D eigenvalue weighted by molar-refractivity contribution is -0.646. The van der Waals surface area contributed by atoms with Crippen LogP contribution in [0.2, 0.25) is 0 Å². The predicted molar refractivity (Wildman–Crippen MR) is 112 cm³/mol. The Balaban J connectivity index is 2.02. The van der Waals surface area contributed by atoms with E-state index in [0.717, 1.165) is 22.0 Å². The van der Waals surface area contributed by atoms with Crippen molar-refractivity contribution in [3.63, 3.8) is 0 Å². The maximum Gasteiger partial charge on any atom is 0.287 e. The molecule has 7 aromatic rings. The maximum absolute atomic E-state index is 5.80. The summed E-state index contributed by atoms with van der Waals surface area (Å²) in [6, 6.07) is 17.3. The number of rotatable bonds is 0.